The number of carbonyl (C=O) groups is 2. The van der Waals surface area contributed by atoms with Crippen LogP contribution in [0.2, 0.25) is 0 Å². The van der Waals surface area contributed by atoms with Crippen molar-refractivity contribution in [2.45, 2.75) is 6.04 Å². The highest BCUT2D eigenvalue weighted by Gasteiger charge is 2.45. The molecule has 4 N–H and O–H groups in total. The SMILES string of the molecule is O=C1C(=O)N(CC[NH2+]CCO)[C@@H](c2ccccc2)C1=C(O)c1ccccc1. The van der Waals surface area contributed by atoms with Gasteiger partial charge in [-0.1, -0.05) is 60.7 Å². The van der Waals surface area contributed by atoms with Gasteiger partial charge in [-0.05, 0) is 5.56 Å². The first-order valence-electron chi connectivity index (χ1n) is 8.96. The van der Waals surface area contributed by atoms with E-state index in [0.717, 1.165) is 5.56 Å². The maximum Gasteiger partial charge on any atom is 0.295 e. The van der Waals surface area contributed by atoms with E-state index in [4.69, 9.17) is 5.11 Å². The van der Waals surface area contributed by atoms with Gasteiger partial charge < -0.3 is 20.4 Å². The molecule has 0 aromatic heterocycles. The van der Waals surface area contributed by atoms with Crippen LogP contribution in [0.15, 0.2) is 66.2 Å². The average Bonchev–Trinajstić information content (AvgIpc) is 2.97. The van der Waals surface area contributed by atoms with Gasteiger partial charge in [0.05, 0.1) is 37.9 Å². The Hall–Kier alpha value is -2.96. The van der Waals surface area contributed by atoms with Crippen LogP contribution in [0.5, 0.6) is 0 Å². The van der Waals surface area contributed by atoms with E-state index in [0.29, 0.717) is 25.2 Å². The summed E-state index contributed by atoms with van der Waals surface area (Å²) in [5.74, 6) is -1.45. The third-order valence-corrected chi connectivity index (χ3v) is 4.61. The molecule has 6 nitrogen and oxygen atoms in total. The molecule has 2 aromatic carbocycles. The molecular formula is C21H23N2O4+. The van der Waals surface area contributed by atoms with Gasteiger partial charge in [-0.2, -0.15) is 0 Å². The van der Waals surface area contributed by atoms with Crippen LogP contribution in [0, 0.1) is 0 Å². The van der Waals surface area contributed by atoms with E-state index in [9.17, 15) is 14.7 Å². The molecule has 1 atom stereocenters. The molecule has 3 rings (SSSR count). The fraction of sp³-hybridized carbons (Fsp3) is 0.238. The van der Waals surface area contributed by atoms with Crippen molar-refractivity contribution in [1.29, 1.82) is 0 Å². The predicted octanol–water partition coefficient (Wildman–Crippen LogP) is 0.664. The van der Waals surface area contributed by atoms with Gasteiger partial charge in [0, 0.05) is 5.56 Å². The highest BCUT2D eigenvalue weighted by atomic mass is 16.3. The van der Waals surface area contributed by atoms with Crippen LogP contribution in [-0.4, -0.2) is 53.0 Å². The third-order valence-electron chi connectivity index (χ3n) is 4.61. The molecular weight excluding hydrogens is 344 g/mol. The number of aliphatic hydroxyl groups excluding tert-OH is 2. The number of carbonyl (C=O) groups excluding carboxylic acids is 2. The topological polar surface area (TPSA) is 94.5 Å². The maximum absolute atomic E-state index is 12.7. The number of benzene rings is 2. The molecule has 2 aromatic rings. The summed E-state index contributed by atoms with van der Waals surface area (Å²) in [6.45, 7) is 1.48. The molecule has 27 heavy (non-hydrogen) atoms. The summed E-state index contributed by atoms with van der Waals surface area (Å²) in [6, 6.07) is 17.4. The van der Waals surface area contributed by atoms with Gasteiger partial charge in [-0.15, -0.1) is 0 Å². The lowest BCUT2D eigenvalue weighted by Gasteiger charge is -2.24. The molecule has 1 aliphatic heterocycles. The van der Waals surface area contributed by atoms with Crippen molar-refractivity contribution in [3.05, 3.63) is 77.4 Å². The number of hydrogen-bond acceptors (Lipinski definition) is 4. The smallest absolute Gasteiger partial charge is 0.295 e. The number of quaternary nitrogens is 1. The van der Waals surface area contributed by atoms with Gasteiger partial charge in [0.25, 0.3) is 11.7 Å². The van der Waals surface area contributed by atoms with Crippen molar-refractivity contribution in [2.24, 2.45) is 0 Å². The minimum absolute atomic E-state index is 0.0505. The first-order chi connectivity index (χ1) is 13.1. The third kappa shape index (κ3) is 3.92. The zero-order chi connectivity index (χ0) is 19.2. The summed E-state index contributed by atoms with van der Waals surface area (Å²) in [6.07, 6.45) is 0. The van der Waals surface area contributed by atoms with E-state index >= 15 is 0 Å². The summed E-state index contributed by atoms with van der Waals surface area (Å²) in [5.41, 5.74) is 1.39. The van der Waals surface area contributed by atoms with Crippen molar-refractivity contribution >= 4 is 17.4 Å². The molecule has 1 aliphatic rings. The first kappa shape index (κ1) is 18.8. The Labute approximate surface area is 157 Å². The molecule has 6 heteroatoms. The highest BCUT2D eigenvalue weighted by molar-refractivity contribution is 6.46. The molecule has 0 spiro atoms. The van der Waals surface area contributed by atoms with Crippen molar-refractivity contribution in [2.75, 3.05) is 26.2 Å². The molecule has 0 aliphatic carbocycles. The molecule has 0 radical (unpaired) electrons. The summed E-state index contributed by atoms with van der Waals surface area (Å²) >= 11 is 0. The lowest BCUT2D eigenvalue weighted by molar-refractivity contribution is -0.655. The molecule has 0 bridgehead atoms. The van der Waals surface area contributed by atoms with E-state index in [2.05, 4.69) is 0 Å². The number of Topliss-reactive ketones (excluding diaryl/α,β-unsaturated/α-hetero) is 1. The van der Waals surface area contributed by atoms with Crippen molar-refractivity contribution in [3.63, 3.8) is 0 Å². The first-order valence-corrected chi connectivity index (χ1v) is 8.96. The fourth-order valence-electron chi connectivity index (χ4n) is 3.31. The Bertz CT molecular complexity index is 834. The second-order valence-corrected chi connectivity index (χ2v) is 6.36. The van der Waals surface area contributed by atoms with Gasteiger partial charge in [-0.3, -0.25) is 9.59 Å². The van der Waals surface area contributed by atoms with E-state index in [1.807, 2.05) is 41.7 Å². The Morgan fingerprint density at radius 2 is 1.59 bits per heavy atom. The number of likely N-dealkylation sites (tertiary alicyclic amines) is 1. The number of nitrogens with zero attached hydrogens (tertiary/aromatic N) is 1. The normalized spacial score (nSPS) is 18.9. The van der Waals surface area contributed by atoms with Crippen LogP contribution in [0.1, 0.15) is 17.2 Å². The average molecular weight is 367 g/mol. The van der Waals surface area contributed by atoms with Crippen LogP contribution < -0.4 is 5.32 Å². The Morgan fingerprint density at radius 3 is 2.22 bits per heavy atom. The summed E-state index contributed by atoms with van der Waals surface area (Å²) in [4.78, 5) is 26.9. The lowest BCUT2D eigenvalue weighted by atomic mass is 9.95. The molecule has 0 unspecified atom stereocenters. The van der Waals surface area contributed by atoms with E-state index < -0.39 is 17.7 Å². The number of amides is 1. The summed E-state index contributed by atoms with van der Waals surface area (Å²) in [7, 11) is 0. The minimum Gasteiger partial charge on any atom is -0.507 e. The van der Waals surface area contributed by atoms with Crippen LogP contribution in [0.25, 0.3) is 5.76 Å². The second-order valence-electron chi connectivity index (χ2n) is 6.36. The zero-order valence-corrected chi connectivity index (χ0v) is 14.9. The molecule has 1 fully saturated rings. The van der Waals surface area contributed by atoms with Gasteiger partial charge in [-0.25, -0.2) is 0 Å². The van der Waals surface area contributed by atoms with E-state index in [1.165, 1.54) is 4.90 Å². The largest absolute Gasteiger partial charge is 0.507 e. The quantitative estimate of drug-likeness (QED) is 0.290. The predicted molar refractivity (Wildman–Crippen MR) is 101 cm³/mol. The number of hydrogen-bond donors (Lipinski definition) is 3. The summed E-state index contributed by atoms with van der Waals surface area (Å²) in [5, 5.41) is 21.6. The van der Waals surface area contributed by atoms with Crippen molar-refractivity contribution in [1.82, 2.24) is 4.90 Å². The lowest BCUT2D eigenvalue weighted by Crippen LogP contribution is -2.86. The highest BCUT2D eigenvalue weighted by Crippen LogP contribution is 2.38. The standard InChI is InChI=1S/C21H22N2O4/c24-14-12-22-11-13-23-18(15-7-3-1-4-8-15)17(20(26)21(23)27)19(25)16-9-5-2-6-10-16/h1-10,18,22,24-25H,11-14H2/p+1/t18-/m0/s1. The van der Waals surface area contributed by atoms with E-state index in [1.54, 1.807) is 24.3 Å². The molecule has 0 saturated carbocycles. The van der Waals surface area contributed by atoms with Gasteiger partial charge >= 0.3 is 0 Å². The number of rotatable bonds is 7. The minimum atomic E-state index is -0.674. The molecule has 1 saturated heterocycles. The number of aliphatic hydroxyl groups is 2. The van der Waals surface area contributed by atoms with Crippen molar-refractivity contribution < 1.29 is 25.1 Å². The van der Waals surface area contributed by atoms with Gasteiger partial charge in [0.2, 0.25) is 0 Å². The van der Waals surface area contributed by atoms with Crippen LogP contribution in [0.4, 0.5) is 0 Å². The van der Waals surface area contributed by atoms with E-state index in [-0.39, 0.29) is 17.9 Å². The molecule has 140 valence electrons. The Morgan fingerprint density at radius 1 is 0.963 bits per heavy atom. The summed E-state index contributed by atoms with van der Waals surface area (Å²) < 4.78 is 0. The number of ketones is 1. The Balaban J connectivity index is 2.03. The van der Waals surface area contributed by atoms with Crippen molar-refractivity contribution in [3.8, 4) is 0 Å². The van der Waals surface area contributed by atoms with Crippen LogP contribution in [0.3, 0.4) is 0 Å². The molecule has 1 amide bonds. The number of nitrogens with two attached hydrogens (primary N) is 1. The van der Waals surface area contributed by atoms with Crippen LogP contribution in [-0.2, 0) is 9.59 Å². The zero-order valence-electron chi connectivity index (χ0n) is 14.9. The molecule has 1 heterocycles. The monoisotopic (exact) mass is 367 g/mol. The Kier molecular flexibility index (Phi) is 6.01. The van der Waals surface area contributed by atoms with Gasteiger partial charge in [0.15, 0.2) is 0 Å². The van der Waals surface area contributed by atoms with Crippen LogP contribution >= 0.6 is 0 Å². The fourth-order valence-corrected chi connectivity index (χ4v) is 3.31. The van der Waals surface area contributed by atoms with Gasteiger partial charge in [0.1, 0.15) is 5.76 Å². The second kappa shape index (κ2) is 8.62. The maximum atomic E-state index is 12.7.